The summed E-state index contributed by atoms with van der Waals surface area (Å²) in [6.07, 6.45) is -4.62. The molecule has 0 atom stereocenters. The quantitative estimate of drug-likeness (QED) is 0.689. The molecule has 0 aliphatic heterocycles. The van der Waals surface area contributed by atoms with Crippen LogP contribution in [0.3, 0.4) is 0 Å². The smallest absolute Gasteiger partial charge is 0.380 e. The molecule has 1 amide bonds. The minimum absolute atomic E-state index is 0.0372. The van der Waals surface area contributed by atoms with Gasteiger partial charge in [0.05, 0.1) is 5.56 Å². The highest BCUT2D eigenvalue weighted by Gasteiger charge is 2.34. The lowest BCUT2D eigenvalue weighted by atomic mass is 10.1. The van der Waals surface area contributed by atoms with Crippen molar-refractivity contribution in [2.24, 2.45) is 0 Å². The fraction of sp³-hybridized carbons (Fsp3) is 0.188. The number of carbonyl (C=O) groups is 1. The summed E-state index contributed by atoms with van der Waals surface area (Å²) in [5, 5.41) is 4.89. The molecule has 0 saturated heterocycles. The van der Waals surface area contributed by atoms with Crippen LogP contribution in [0.1, 0.15) is 18.1 Å². The molecular formula is C16H13BrF4N2O. The van der Waals surface area contributed by atoms with Gasteiger partial charge in [0.2, 0.25) is 5.91 Å². The maximum absolute atomic E-state index is 13.8. The van der Waals surface area contributed by atoms with Crippen molar-refractivity contribution >= 4 is 33.2 Å². The second kappa shape index (κ2) is 7.21. The molecule has 2 aromatic rings. The van der Waals surface area contributed by atoms with E-state index in [1.54, 1.807) is 6.07 Å². The average Bonchev–Trinajstić information content (AvgIpc) is 2.45. The number of anilines is 2. The molecule has 0 aliphatic carbocycles. The highest BCUT2D eigenvalue weighted by Crippen LogP contribution is 2.37. The number of amides is 1. The van der Waals surface area contributed by atoms with E-state index in [1.807, 2.05) is 0 Å². The van der Waals surface area contributed by atoms with Crippen molar-refractivity contribution in [1.82, 2.24) is 0 Å². The first-order valence-corrected chi connectivity index (χ1v) is 7.63. The summed E-state index contributed by atoms with van der Waals surface area (Å²) in [5.41, 5.74) is -0.863. The Morgan fingerprint density at radius 2 is 1.88 bits per heavy atom. The zero-order valence-corrected chi connectivity index (χ0v) is 14.1. The van der Waals surface area contributed by atoms with Gasteiger partial charge in [0.15, 0.2) is 0 Å². The third-order valence-electron chi connectivity index (χ3n) is 3.13. The number of rotatable bonds is 4. The van der Waals surface area contributed by atoms with E-state index in [-0.39, 0.29) is 23.5 Å². The Morgan fingerprint density at radius 3 is 2.46 bits per heavy atom. The van der Waals surface area contributed by atoms with Crippen LogP contribution in [-0.2, 0) is 17.5 Å². The summed E-state index contributed by atoms with van der Waals surface area (Å²) in [6.45, 7) is 1.09. The Labute approximate surface area is 144 Å². The highest BCUT2D eigenvalue weighted by molar-refractivity contribution is 9.10. The minimum atomic E-state index is -4.62. The topological polar surface area (TPSA) is 41.1 Å². The van der Waals surface area contributed by atoms with Crippen LogP contribution in [0.15, 0.2) is 40.9 Å². The standard InChI is InChI=1S/C16H13BrF4N2O/c1-9(24)23-12-4-5-15(13(7-12)16(19,20)21)22-8-10-2-3-11(17)6-14(10)18/h2-7,22H,8H2,1H3,(H,23,24). The zero-order chi connectivity index (χ0) is 17.9. The van der Waals surface area contributed by atoms with Gasteiger partial charge in [-0.3, -0.25) is 4.79 Å². The van der Waals surface area contributed by atoms with Crippen LogP contribution in [0.2, 0.25) is 0 Å². The van der Waals surface area contributed by atoms with Gasteiger partial charge < -0.3 is 10.6 Å². The Balaban J connectivity index is 2.27. The van der Waals surface area contributed by atoms with Gasteiger partial charge in [-0.05, 0) is 30.3 Å². The molecule has 0 spiro atoms. The fourth-order valence-electron chi connectivity index (χ4n) is 2.07. The third kappa shape index (κ3) is 4.70. The van der Waals surface area contributed by atoms with Crippen LogP contribution in [0.4, 0.5) is 28.9 Å². The molecule has 128 valence electrons. The van der Waals surface area contributed by atoms with Gasteiger partial charge in [0.1, 0.15) is 5.82 Å². The SMILES string of the molecule is CC(=O)Nc1ccc(NCc2ccc(Br)cc2F)c(C(F)(F)F)c1. The third-order valence-corrected chi connectivity index (χ3v) is 3.62. The van der Waals surface area contributed by atoms with Crippen molar-refractivity contribution in [2.45, 2.75) is 19.6 Å². The minimum Gasteiger partial charge on any atom is -0.380 e. The van der Waals surface area contributed by atoms with Gasteiger partial charge in [0.25, 0.3) is 0 Å². The summed E-state index contributed by atoms with van der Waals surface area (Å²) in [4.78, 5) is 11.0. The second-order valence-electron chi connectivity index (χ2n) is 5.03. The van der Waals surface area contributed by atoms with E-state index in [4.69, 9.17) is 0 Å². The first-order chi connectivity index (χ1) is 11.2. The lowest BCUT2D eigenvalue weighted by Gasteiger charge is -2.16. The van der Waals surface area contributed by atoms with Gasteiger partial charge in [-0.2, -0.15) is 13.2 Å². The van der Waals surface area contributed by atoms with Gasteiger partial charge in [0, 0.05) is 34.9 Å². The molecule has 3 nitrogen and oxygen atoms in total. The van der Waals surface area contributed by atoms with E-state index in [0.29, 0.717) is 4.47 Å². The Kier molecular flexibility index (Phi) is 5.48. The summed E-state index contributed by atoms with van der Waals surface area (Å²) in [7, 11) is 0. The number of hydrogen-bond donors (Lipinski definition) is 2. The van der Waals surface area contributed by atoms with Crippen molar-refractivity contribution < 1.29 is 22.4 Å². The van der Waals surface area contributed by atoms with E-state index in [9.17, 15) is 22.4 Å². The lowest BCUT2D eigenvalue weighted by Crippen LogP contribution is -2.13. The van der Waals surface area contributed by atoms with E-state index in [2.05, 4.69) is 26.6 Å². The van der Waals surface area contributed by atoms with E-state index in [1.165, 1.54) is 31.2 Å². The van der Waals surface area contributed by atoms with Crippen molar-refractivity contribution in [3.8, 4) is 0 Å². The number of alkyl halides is 3. The molecule has 0 aromatic heterocycles. The molecule has 2 aromatic carbocycles. The molecule has 0 unspecified atom stereocenters. The van der Waals surface area contributed by atoms with Crippen molar-refractivity contribution in [2.75, 3.05) is 10.6 Å². The van der Waals surface area contributed by atoms with Crippen LogP contribution in [-0.4, -0.2) is 5.91 Å². The molecule has 8 heteroatoms. The monoisotopic (exact) mass is 404 g/mol. The first-order valence-electron chi connectivity index (χ1n) is 6.83. The van der Waals surface area contributed by atoms with E-state index < -0.39 is 23.5 Å². The normalized spacial score (nSPS) is 11.2. The predicted molar refractivity (Wildman–Crippen MR) is 87.2 cm³/mol. The number of hydrogen-bond acceptors (Lipinski definition) is 2. The summed E-state index contributed by atoms with van der Waals surface area (Å²) < 4.78 is 53.9. The molecule has 24 heavy (non-hydrogen) atoms. The van der Waals surface area contributed by atoms with E-state index in [0.717, 1.165) is 6.07 Å². The Hall–Kier alpha value is -2.09. The number of halogens is 5. The number of benzene rings is 2. The van der Waals surface area contributed by atoms with Crippen molar-refractivity contribution in [3.05, 3.63) is 57.8 Å². The molecule has 0 bridgehead atoms. The molecule has 0 fully saturated rings. The van der Waals surface area contributed by atoms with Crippen LogP contribution < -0.4 is 10.6 Å². The number of nitrogens with one attached hydrogen (secondary N) is 2. The van der Waals surface area contributed by atoms with Gasteiger partial charge in [-0.1, -0.05) is 22.0 Å². The van der Waals surface area contributed by atoms with Crippen LogP contribution in [0, 0.1) is 5.82 Å². The molecule has 0 saturated carbocycles. The molecule has 2 rings (SSSR count). The van der Waals surface area contributed by atoms with Gasteiger partial charge >= 0.3 is 6.18 Å². The molecular weight excluding hydrogens is 392 g/mol. The van der Waals surface area contributed by atoms with Crippen molar-refractivity contribution in [1.29, 1.82) is 0 Å². The maximum atomic E-state index is 13.8. The molecule has 2 N–H and O–H groups in total. The largest absolute Gasteiger partial charge is 0.418 e. The van der Waals surface area contributed by atoms with E-state index >= 15 is 0 Å². The van der Waals surface area contributed by atoms with Gasteiger partial charge in [-0.15, -0.1) is 0 Å². The molecule has 0 radical (unpaired) electrons. The summed E-state index contributed by atoms with van der Waals surface area (Å²) in [5.74, 6) is -0.999. The molecule has 0 aliphatic rings. The number of carbonyl (C=O) groups excluding carboxylic acids is 1. The summed E-state index contributed by atoms with van der Waals surface area (Å²) in [6, 6.07) is 7.70. The maximum Gasteiger partial charge on any atom is 0.418 e. The second-order valence-corrected chi connectivity index (χ2v) is 5.94. The highest BCUT2D eigenvalue weighted by atomic mass is 79.9. The first kappa shape index (κ1) is 18.3. The van der Waals surface area contributed by atoms with Crippen molar-refractivity contribution in [3.63, 3.8) is 0 Å². The Morgan fingerprint density at radius 1 is 1.17 bits per heavy atom. The van der Waals surface area contributed by atoms with Crippen LogP contribution in [0.5, 0.6) is 0 Å². The van der Waals surface area contributed by atoms with Gasteiger partial charge in [-0.25, -0.2) is 4.39 Å². The van der Waals surface area contributed by atoms with Crippen LogP contribution >= 0.6 is 15.9 Å². The zero-order valence-electron chi connectivity index (χ0n) is 12.5. The van der Waals surface area contributed by atoms with Crippen LogP contribution in [0.25, 0.3) is 0 Å². The summed E-state index contributed by atoms with van der Waals surface area (Å²) >= 11 is 3.11. The molecule has 0 heterocycles. The lowest BCUT2D eigenvalue weighted by molar-refractivity contribution is -0.137. The Bertz CT molecular complexity index is 762. The average molecular weight is 405 g/mol. The fourth-order valence-corrected chi connectivity index (χ4v) is 2.40. The predicted octanol–water partition coefficient (Wildman–Crippen LogP) is 5.18.